The van der Waals surface area contributed by atoms with Crippen LogP contribution in [0.15, 0.2) is 24.3 Å². The van der Waals surface area contributed by atoms with Crippen molar-refractivity contribution in [2.75, 3.05) is 31.2 Å². The molecule has 1 aliphatic heterocycles. The summed E-state index contributed by atoms with van der Waals surface area (Å²) in [5.74, 6) is 0. The highest BCUT2D eigenvalue weighted by molar-refractivity contribution is 5.49. The Kier molecular flexibility index (Phi) is 4.31. The van der Waals surface area contributed by atoms with E-state index in [1.807, 2.05) is 6.07 Å². The minimum Gasteiger partial charge on any atom is -0.378 e. The molecule has 1 unspecified atom stereocenters. The molecular weight excluding hydrogens is 257 g/mol. The van der Waals surface area contributed by atoms with Crippen molar-refractivity contribution >= 4 is 5.69 Å². The van der Waals surface area contributed by atoms with E-state index in [1.165, 1.54) is 0 Å². The molecule has 6 heteroatoms. The van der Waals surface area contributed by atoms with Crippen molar-refractivity contribution in [2.24, 2.45) is 5.73 Å². The number of benzene rings is 1. The number of morpholine rings is 1. The Labute approximate surface area is 110 Å². The number of rotatable bonds is 3. The number of hydrogen-bond acceptors (Lipinski definition) is 3. The molecular formula is C13H17F3N2O. The number of halogens is 3. The van der Waals surface area contributed by atoms with E-state index in [0.717, 1.165) is 18.8 Å². The molecule has 0 aromatic heterocycles. The maximum Gasteiger partial charge on any atom is 0.403 e. The fourth-order valence-electron chi connectivity index (χ4n) is 2.07. The number of nitrogens with zero attached hydrogens (tertiary/aromatic N) is 1. The minimum atomic E-state index is -4.35. The van der Waals surface area contributed by atoms with Crippen LogP contribution in [0.5, 0.6) is 0 Å². The van der Waals surface area contributed by atoms with Gasteiger partial charge in [0.1, 0.15) is 6.04 Å². The van der Waals surface area contributed by atoms with Gasteiger partial charge in [-0.2, -0.15) is 13.2 Å². The van der Waals surface area contributed by atoms with Gasteiger partial charge < -0.3 is 15.4 Å². The van der Waals surface area contributed by atoms with E-state index >= 15 is 0 Å². The topological polar surface area (TPSA) is 38.5 Å². The van der Waals surface area contributed by atoms with Crippen LogP contribution in [0.3, 0.4) is 0 Å². The third kappa shape index (κ3) is 3.84. The van der Waals surface area contributed by atoms with Crippen LogP contribution in [0.4, 0.5) is 18.9 Å². The van der Waals surface area contributed by atoms with Gasteiger partial charge in [-0.15, -0.1) is 0 Å². The molecule has 1 aliphatic rings. The number of alkyl halides is 3. The van der Waals surface area contributed by atoms with Crippen LogP contribution in [-0.2, 0) is 11.2 Å². The second kappa shape index (κ2) is 5.79. The summed E-state index contributed by atoms with van der Waals surface area (Å²) in [6, 6.07) is 5.30. The molecule has 0 amide bonds. The van der Waals surface area contributed by atoms with E-state index in [2.05, 4.69) is 4.90 Å². The van der Waals surface area contributed by atoms with Crippen LogP contribution in [0.25, 0.3) is 0 Å². The summed E-state index contributed by atoms with van der Waals surface area (Å²) in [6.07, 6.45) is -4.54. The molecule has 0 saturated carbocycles. The van der Waals surface area contributed by atoms with Crippen molar-refractivity contribution in [2.45, 2.75) is 18.6 Å². The van der Waals surface area contributed by atoms with Gasteiger partial charge in [-0.3, -0.25) is 0 Å². The minimum absolute atomic E-state index is 0.193. The molecule has 2 N–H and O–H groups in total. The zero-order valence-electron chi connectivity index (χ0n) is 10.5. The van der Waals surface area contributed by atoms with Crippen molar-refractivity contribution in [1.82, 2.24) is 0 Å². The lowest BCUT2D eigenvalue weighted by molar-refractivity contribution is -0.147. The molecule has 0 bridgehead atoms. The highest BCUT2D eigenvalue weighted by Crippen LogP contribution is 2.23. The third-order valence-electron chi connectivity index (χ3n) is 3.16. The van der Waals surface area contributed by atoms with Crippen LogP contribution >= 0.6 is 0 Å². The average molecular weight is 274 g/mol. The molecule has 1 aromatic carbocycles. The van der Waals surface area contributed by atoms with Gasteiger partial charge in [-0.25, -0.2) is 0 Å². The molecule has 0 radical (unpaired) electrons. The second-order valence-electron chi connectivity index (χ2n) is 4.62. The first-order valence-corrected chi connectivity index (χ1v) is 6.21. The van der Waals surface area contributed by atoms with Gasteiger partial charge >= 0.3 is 6.18 Å². The Hall–Kier alpha value is -1.27. The Morgan fingerprint density at radius 1 is 1.26 bits per heavy atom. The summed E-state index contributed by atoms with van der Waals surface area (Å²) in [7, 11) is 0. The predicted octanol–water partition coefficient (Wildman–Crippen LogP) is 1.96. The second-order valence-corrected chi connectivity index (χ2v) is 4.62. The number of ether oxygens (including phenoxy) is 1. The van der Waals surface area contributed by atoms with Crippen molar-refractivity contribution in [3.8, 4) is 0 Å². The maximum atomic E-state index is 12.4. The fourth-order valence-corrected chi connectivity index (χ4v) is 2.07. The van der Waals surface area contributed by atoms with Crippen molar-refractivity contribution in [3.63, 3.8) is 0 Å². The van der Waals surface area contributed by atoms with Gasteiger partial charge in [0.05, 0.1) is 13.2 Å². The summed E-state index contributed by atoms with van der Waals surface area (Å²) >= 11 is 0. The third-order valence-corrected chi connectivity index (χ3v) is 3.16. The molecule has 1 heterocycles. The van der Waals surface area contributed by atoms with E-state index in [9.17, 15) is 13.2 Å². The van der Waals surface area contributed by atoms with Gasteiger partial charge in [0, 0.05) is 18.8 Å². The molecule has 1 atom stereocenters. The lowest BCUT2D eigenvalue weighted by atomic mass is 10.1. The summed E-state index contributed by atoms with van der Waals surface area (Å²) in [5, 5.41) is 0. The Morgan fingerprint density at radius 2 is 1.95 bits per heavy atom. The number of nitrogens with two attached hydrogens (primary N) is 1. The van der Waals surface area contributed by atoms with Crippen molar-refractivity contribution in [1.29, 1.82) is 0 Å². The molecule has 0 aliphatic carbocycles. The van der Waals surface area contributed by atoms with Gasteiger partial charge in [-0.1, -0.05) is 12.1 Å². The van der Waals surface area contributed by atoms with Crippen molar-refractivity contribution < 1.29 is 17.9 Å². The van der Waals surface area contributed by atoms with E-state index < -0.39 is 12.2 Å². The van der Waals surface area contributed by atoms with Crippen molar-refractivity contribution in [3.05, 3.63) is 29.8 Å². The Morgan fingerprint density at radius 3 is 2.58 bits per heavy atom. The Bertz CT molecular complexity index is 417. The highest BCUT2D eigenvalue weighted by Gasteiger charge is 2.36. The molecule has 19 heavy (non-hydrogen) atoms. The first-order chi connectivity index (χ1) is 8.97. The van der Waals surface area contributed by atoms with Gasteiger partial charge in [0.15, 0.2) is 0 Å². The lowest BCUT2D eigenvalue weighted by Gasteiger charge is -2.29. The van der Waals surface area contributed by atoms with E-state index in [-0.39, 0.29) is 6.42 Å². The zero-order chi connectivity index (χ0) is 13.9. The number of hydrogen-bond donors (Lipinski definition) is 1. The SMILES string of the molecule is NC(Cc1cccc(N2CCOCC2)c1)C(F)(F)F. The van der Waals surface area contributed by atoms with Crippen LogP contribution in [0, 0.1) is 0 Å². The van der Waals surface area contributed by atoms with Gasteiger partial charge in [-0.05, 0) is 24.1 Å². The molecule has 3 nitrogen and oxygen atoms in total. The van der Waals surface area contributed by atoms with Crippen LogP contribution < -0.4 is 10.6 Å². The molecule has 106 valence electrons. The highest BCUT2D eigenvalue weighted by atomic mass is 19.4. The molecule has 1 saturated heterocycles. The van der Waals surface area contributed by atoms with E-state index in [0.29, 0.717) is 18.8 Å². The summed E-state index contributed by atoms with van der Waals surface area (Å²) in [4.78, 5) is 2.10. The Balaban J connectivity index is 2.06. The first-order valence-electron chi connectivity index (χ1n) is 6.21. The van der Waals surface area contributed by atoms with Crippen LogP contribution in [0.1, 0.15) is 5.56 Å². The van der Waals surface area contributed by atoms with Crippen LogP contribution in [0.2, 0.25) is 0 Å². The first kappa shape index (κ1) is 14.1. The van der Waals surface area contributed by atoms with Crippen LogP contribution in [-0.4, -0.2) is 38.5 Å². The lowest BCUT2D eigenvalue weighted by Crippen LogP contribution is -2.39. The van der Waals surface area contributed by atoms with Gasteiger partial charge in [0.25, 0.3) is 0 Å². The fraction of sp³-hybridized carbons (Fsp3) is 0.538. The monoisotopic (exact) mass is 274 g/mol. The van der Waals surface area contributed by atoms with E-state index in [1.54, 1.807) is 18.2 Å². The largest absolute Gasteiger partial charge is 0.403 e. The summed E-state index contributed by atoms with van der Waals surface area (Å²) < 4.78 is 42.6. The molecule has 1 aromatic rings. The normalized spacial score (nSPS) is 18.4. The molecule has 0 spiro atoms. The summed E-state index contributed by atoms with van der Waals surface area (Å²) in [5.41, 5.74) is 6.68. The van der Waals surface area contributed by atoms with E-state index in [4.69, 9.17) is 10.5 Å². The predicted molar refractivity (Wildman–Crippen MR) is 67.2 cm³/mol. The quantitative estimate of drug-likeness (QED) is 0.915. The molecule has 2 rings (SSSR count). The molecule has 1 fully saturated rings. The smallest absolute Gasteiger partial charge is 0.378 e. The average Bonchev–Trinajstić information content (AvgIpc) is 2.39. The summed E-state index contributed by atoms with van der Waals surface area (Å²) in [6.45, 7) is 2.81. The van der Waals surface area contributed by atoms with Gasteiger partial charge in [0.2, 0.25) is 0 Å². The standard InChI is InChI=1S/C13H17F3N2O/c14-13(15,16)12(17)9-10-2-1-3-11(8-10)18-4-6-19-7-5-18/h1-3,8,12H,4-7,9,17H2. The maximum absolute atomic E-state index is 12.4. The zero-order valence-corrected chi connectivity index (χ0v) is 10.5. The number of anilines is 1.